The first kappa shape index (κ1) is 79.0. The number of aromatic amines is 1. The molecule has 1 aromatic heterocycles. The van der Waals surface area contributed by atoms with E-state index in [4.69, 9.17) is 5.73 Å². The first-order valence-electron chi connectivity index (χ1n) is 31.2. The zero-order valence-electron chi connectivity index (χ0n) is 53.6. The number of nitrogens with two attached hydrogens (primary N) is 1. The number of aliphatic hydroxyl groups excluding tert-OH is 3. The van der Waals surface area contributed by atoms with Crippen LogP contribution in [0.1, 0.15) is 49.8 Å². The number of rotatable bonds is 34. The van der Waals surface area contributed by atoms with Crippen LogP contribution >= 0.6 is 21.6 Å². The Hall–Kier alpha value is -8.74. The van der Waals surface area contributed by atoms with E-state index in [0.717, 1.165) is 31.4 Å². The number of carboxylic acids is 4. The summed E-state index contributed by atoms with van der Waals surface area (Å²) < 4.78 is 0. The molecule has 1 aliphatic rings. The van der Waals surface area contributed by atoms with Gasteiger partial charge < -0.3 is 89.0 Å². The summed E-state index contributed by atoms with van der Waals surface area (Å²) in [5, 5.41) is 91.6. The van der Waals surface area contributed by atoms with Crippen LogP contribution in [0.25, 0.3) is 10.9 Å². The third kappa shape index (κ3) is 27.7. The van der Waals surface area contributed by atoms with Crippen molar-refractivity contribution < 1.29 is 93.3 Å². The number of amides is 8. The van der Waals surface area contributed by atoms with Crippen molar-refractivity contribution in [2.45, 2.75) is 113 Å². The average Bonchev–Trinajstić information content (AvgIpc) is 1.76. The van der Waals surface area contributed by atoms with Gasteiger partial charge in [-0.3, -0.25) is 72.2 Å². The molecule has 0 aliphatic carbocycles. The molecule has 18 N–H and O–H groups in total. The standard InChI is InChI=1S/C63H87N13O19S2/c1-37(78)48(34-77)70-62(94)50-36-97-96-35-49(71-58(90)45(25-39-13-5-3-6-14-39)66-51(80)29-75(31-53(83)84)23-21-74(30-52(81)82)22-24-76(32-54(85)86)33-55(87)88)61(93)68-46(26-40-15-7-4-8-16-40)59(91)69-47(27-41-28-65-43-18-10-9-17-42(41)43)60(92)67-44(19-11-12-20-64)57(89)73-56(38(2)79)63(95)72-50/h3-10,13-18,28,37-38,44-50,56,65,77-79H,11-12,19-27,29-36,64H2,1-2H3,(H,66,80)(H,67,92)(H,68,93)(H,69,91)(H,70,94)(H,71,90)(H,72,95)(H,73,89)(H,81,82)(H,83,84)(H,85,86)(H,87,88)/t37-,38-,44?,45-,46+,47-,48-,49?,50+,56+/m1/s1. The number of fused-ring (bicyclic) bond motifs is 1. The van der Waals surface area contributed by atoms with Crippen LogP contribution in [-0.2, 0) is 76.8 Å². The highest BCUT2D eigenvalue weighted by atomic mass is 33.1. The van der Waals surface area contributed by atoms with Crippen LogP contribution in [0.3, 0.4) is 0 Å². The predicted molar refractivity (Wildman–Crippen MR) is 356 cm³/mol. The Morgan fingerprint density at radius 3 is 1.68 bits per heavy atom. The summed E-state index contributed by atoms with van der Waals surface area (Å²) >= 11 is 0. The molecular formula is C63H87N13O19S2. The van der Waals surface area contributed by atoms with Crippen molar-refractivity contribution in [3.63, 3.8) is 0 Å². The van der Waals surface area contributed by atoms with Gasteiger partial charge in [-0.15, -0.1) is 0 Å². The van der Waals surface area contributed by atoms with Crippen LogP contribution < -0.4 is 48.3 Å². The van der Waals surface area contributed by atoms with Crippen molar-refractivity contribution in [2.75, 3.05) is 83.6 Å². The number of carbonyl (C=O) groups is 12. The molecule has 0 bridgehead atoms. The summed E-state index contributed by atoms with van der Waals surface area (Å²) in [5.41, 5.74) is 8.10. The number of nitrogens with zero attached hydrogens (tertiary/aromatic N) is 3. The lowest BCUT2D eigenvalue weighted by Crippen LogP contribution is -2.62. The Morgan fingerprint density at radius 2 is 1.10 bits per heavy atom. The van der Waals surface area contributed by atoms with E-state index in [-0.39, 0.29) is 70.6 Å². The maximum atomic E-state index is 15.2. The van der Waals surface area contributed by atoms with E-state index < -0.39 is 177 Å². The first-order chi connectivity index (χ1) is 46.2. The molecule has 2 unspecified atom stereocenters. The highest BCUT2D eigenvalue weighted by molar-refractivity contribution is 8.76. The smallest absolute Gasteiger partial charge is 0.317 e. The SMILES string of the molecule is C[C@@H](O)[C@@H]1NC(=O)C(CCCCN)NC(=O)[C@@H](Cc2c[nH]c3ccccc23)NC(=O)[C@H](Cc2ccccc2)NC(=O)C(NC(=O)[C@@H](Cc2ccccc2)NC(=O)CN(CCN(CCN(CC(=O)O)CC(=O)O)CC(=O)O)CC(=O)O)CSSC[C@@H](C(=O)N[C@H](CO)[C@@H](C)O)NC1=O. The Bertz CT molecular complexity index is 3280. The van der Waals surface area contributed by atoms with Gasteiger partial charge in [-0.05, 0) is 62.4 Å². The zero-order valence-corrected chi connectivity index (χ0v) is 55.3. The van der Waals surface area contributed by atoms with Crippen LogP contribution in [0.15, 0.2) is 91.1 Å². The quantitative estimate of drug-likeness (QED) is 0.0160. The lowest BCUT2D eigenvalue weighted by atomic mass is 10.0. The number of carboxylic acid groups (broad SMARTS) is 4. The van der Waals surface area contributed by atoms with Gasteiger partial charge in [0.25, 0.3) is 0 Å². The molecule has 1 saturated heterocycles. The number of carbonyl (C=O) groups excluding carboxylic acids is 8. The second-order valence-corrected chi connectivity index (χ2v) is 25.8. The summed E-state index contributed by atoms with van der Waals surface area (Å²) in [4.78, 5) is 171. The Morgan fingerprint density at radius 1 is 0.588 bits per heavy atom. The van der Waals surface area contributed by atoms with Gasteiger partial charge >= 0.3 is 23.9 Å². The minimum absolute atomic E-state index is 0.0513. The third-order valence-electron chi connectivity index (χ3n) is 15.4. The summed E-state index contributed by atoms with van der Waals surface area (Å²) in [6.45, 7) is -2.46. The predicted octanol–water partition coefficient (Wildman–Crippen LogP) is -3.40. The Balaban J connectivity index is 1.57. The van der Waals surface area contributed by atoms with Crippen LogP contribution in [0.4, 0.5) is 0 Å². The topological polar surface area (TPSA) is 494 Å². The van der Waals surface area contributed by atoms with Crippen molar-refractivity contribution in [3.05, 3.63) is 108 Å². The molecule has 5 rings (SSSR count). The molecule has 2 heterocycles. The molecule has 0 spiro atoms. The summed E-state index contributed by atoms with van der Waals surface area (Å²) in [6.07, 6.45) is -1.31. The Kier molecular flexibility index (Phi) is 33.2. The average molecular weight is 1390 g/mol. The van der Waals surface area contributed by atoms with Gasteiger partial charge in [0.15, 0.2) is 0 Å². The molecule has 97 heavy (non-hydrogen) atoms. The van der Waals surface area contributed by atoms with E-state index in [1.54, 1.807) is 91.1 Å². The molecule has 530 valence electrons. The lowest BCUT2D eigenvalue weighted by molar-refractivity contribution is -0.143. The van der Waals surface area contributed by atoms with Gasteiger partial charge in [0.2, 0.25) is 47.3 Å². The maximum Gasteiger partial charge on any atom is 0.317 e. The van der Waals surface area contributed by atoms with Crippen molar-refractivity contribution in [2.24, 2.45) is 5.73 Å². The molecule has 10 atom stereocenters. The van der Waals surface area contributed by atoms with E-state index in [1.165, 1.54) is 18.7 Å². The molecule has 1 fully saturated rings. The van der Waals surface area contributed by atoms with E-state index in [9.17, 15) is 83.7 Å². The number of hydrogen-bond acceptors (Lipinski definition) is 21. The first-order valence-corrected chi connectivity index (χ1v) is 33.7. The van der Waals surface area contributed by atoms with Gasteiger partial charge in [0, 0.05) is 74.0 Å². The van der Waals surface area contributed by atoms with Gasteiger partial charge in [-0.2, -0.15) is 0 Å². The number of H-pyrrole nitrogens is 1. The molecular weight excluding hydrogens is 1310 g/mol. The van der Waals surface area contributed by atoms with Gasteiger partial charge in [0.1, 0.15) is 42.3 Å². The molecule has 32 nitrogen and oxygen atoms in total. The van der Waals surface area contributed by atoms with Crippen molar-refractivity contribution >= 4 is 104 Å². The number of hydrogen-bond donors (Lipinski definition) is 17. The monoisotopic (exact) mass is 1390 g/mol. The number of benzene rings is 3. The van der Waals surface area contributed by atoms with Gasteiger partial charge in [-0.25, -0.2) is 0 Å². The van der Waals surface area contributed by atoms with Gasteiger partial charge in [0.05, 0.1) is 57.6 Å². The van der Waals surface area contributed by atoms with Crippen LogP contribution in [0, 0.1) is 0 Å². The van der Waals surface area contributed by atoms with Crippen LogP contribution in [0.2, 0.25) is 0 Å². The molecule has 8 amide bonds. The number of unbranched alkanes of at least 4 members (excludes halogenated alkanes) is 1. The number of aliphatic hydroxyl groups is 3. The lowest BCUT2D eigenvalue weighted by Gasteiger charge is -2.29. The number of para-hydroxylation sites is 1. The Labute approximate surface area is 566 Å². The molecule has 0 saturated carbocycles. The minimum Gasteiger partial charge on any atom is -0.480 e. The molecule has 34 heteroatoms. The van der Waals surface area contributed by atoms with E-state index >= 15 is 9.59 Å². The van der Waals surface area contributed by atoms with Crippen LogP contribution in [0.5, 0.6) is 0 Å². The molecule has 3 aromatic carbocycles. The van der Waals surface area contributed by atoms with Crippen molar-refractivity contribution in [1.82, 2.24) is 62.2 Å². The maximum absolute atomic E-state index is 15.2. The van der Waals surface area contributed by atoms with Crippen molar-refractivity contribution in [1.29, 1.82) is 0 Å². The number of nitrogens with one attached hydrogen (secondary N) is 9. The summed E-state index contributed by atoms with van der Waals surface area (Å²) in [7, 11) is 1.77. The summed E-state index contributed by atoms with van der Waals surface area (Å²) in [6, 6.07) is 11.7. The minimum atomic E-state index is -1.78. The highest BCUT2D eigenvalue weighted by Gasteiger charge is 2.37. The second kappa shape index (κ2) is 40.7. The van der Waals surface area contributed by atoms with Gasteiger partial charge in [-0.1, -0.05) is 100 Å². The number of aromatic nitrogens is 1. The van der Waals surface area contributed by atoms with E-state index in [2.05, 4.69) is 47.5 Å². The van der Waals surface area contributed by atoms with Crippen molar-refractivity contribution in [3.8, 4) is 0 Å². The third-order valence-corrected chi connectivity index (χ3v) is 17.8. The van der Waals surface area contributed by atoms with E-state index in [1.807, 2.05) is 0 Å². The molecule has 4 aromatic rings. The summed E-state index contributed by atoms with van der Waals surface area (Å²) in [5.74, 6) is -13.8. The number of aliphatic carboxylic acids is 4. The fourth-order valence-electron chi connectivity index (χ4n) is 10.3. The molecule has 0 radical (unpaired) electrons. The largest absolute Gasteiger partial charge is 0.480 e. The zero-order chi connectivity index (χ0) is 71.1. The fraction of sp³-hybridized carbons (Fsp3) is 0.492. The molecule has 1 aliphatic heterocycles. The second-order valence-electron chi connectivity index (χ2n) is 23.3. The van der Waals surface area contributed by atoms with E-state index in [0.29, 0.717) is 34.0 Å². The normalized spacial score (nSPS) is 19.8. The fourth-order valence-corrected chi connectivity index (χ4v) is 12.6. The van der Waals surface area contributed by atoms with Crippen LogP contribution in [-0.4, -0.2) is 271 Å². The highest BCUT2D eigenvalue weighted by Crippen LogP contribution is 2.25.